The first-order valence-electron chi connectivity index (χ1n) is 19.5. The largest absolute Gasteiger partial charge is 0.460 e. The van der Waals surface area contributed by atoms with Crippen LogP contribution in [-0.4, -0.2) is 120 Å². The van der Waals surface area contributed by atoms with Gasteiger partial charge in [-0.3, -0.25) is 28.8 Å². The van der Waals surface area contributed by atoms with Crippen molar-refractivity contribution in [2.75, 3.05) is 27.2 Å². The van der Waals surface area contributed by atoms with Crippen LogP contribution < -0.4 is 10.6 Å². The predicted octanol–water partition coefficient (Wildman–Crippen LogP) is 1.99. The van der Waals surface area contributed by atoms with Gasteiger partial charge in [0.25, 0.3) is 0 Å². The number of benzene rings is 1. The number of esters is 2. The molecule has 6 fully saturated rings. The van der Waals surface area contributed by atoms with E-state index in [1.165, 1.54) is 16.0 Å². The molecule has 0 spiro atoms. The molecule has 300 valence electrons. The van der Waals surface area contributed by atoms with Gasteiger partial charge >= 0.3 is 11.9 Å². The Balaban J connectivity index is 1.10. The summed E-state index contributed by atoms with van der Waals surface area (Å²) in [4.78, 5) is 74.5. The maximum Gasteiger partial charge on any atom is 0.327 e. The Morgan fingerprint density at radius 3 is 2.40 bits per heavy atom. The third kappa shape index (κ3) is 7.91. The van der Waals surface area contributed by atoms with Crippen LogP contribution in [0.5, 0.6) is 0 Å². The third-order valence-electron chi connectivity index (χ3n) is 11.5. The maximum absolute atomic E-state index is 14.6. The summed E-state index contributed by atoms with van der Waals surface area (Å²) in [6.45, 7) is 4.98. The molecule has 15 nitrogen and oxygen atoms in total. The van der Waals surface area contributed by atoms with Gasteiger partial charge in [0.1, 0.15) is 35.4 Å². The van der Waals surface area contributed by atoms with Crippen LogP contribution in [0, 0.1) is 17.3 Å². The van der Waals surface area contributed by atoms with Crippen LogP contribution in [0.3, 0.4) is 0 Å². The molecule has 3 saturated heterocycles. The van der Waals surface area contributed by atoms with E-state index >= 15 is 0 Å². The first-order valence-corrected chi connectivity index (χ1v) is 19.5. The van der Waals surface area contributed by atoms with Crippen molar-refractivity contribution >= 4 is 35.7 Å². The van der Waals surface area contributed by atoms with E-state index < -0.39 is 77.1 Å². The summed E-state index contributed by atoms with van der Waals surface area (Å²) >= 11 is 0. The zero-order chi connectivity index (χ0) is 39.3. The Morgan fingerprint density at radius 2 is 1.75 bits per heavy atom. The van der Waals surface area contributed by atoms with Gasteiger partial charge in [-0.2, -0.15) is 5.06 Å². The van der Waals surface area contributed by atoms with E-state index in [-0.39, 0.29) is 63.1 Å². The Hall–Kier alpha value is -3.89. The zero-order valence-corrected chi connectivity index (χ0v) is 32.3. The number of fused-ring (bicyclic) bond motifs is 4. The van der Waals surface area contributed by atoms with Crippen LogP contribution in [0.2, 0.25) is 0 Å². The average Bonchev–Trinajstić information content (AvgIpc) is 4.08. The average molecular weight is 767 g/mol. The summed E-state index contributed by atoms with van der Waals surface area (Å²) < 4.78 is 25.2. The molecule has 15 heteroatoms. The molecule has 3 N–H and O–H groups in total. The fourth-order valence-electron chi connectivity index (χ4n) is 8.63. The van der Waals surface area contributed by atoms with Crippen molar-refractivity contribution in [1.82, 2.24) is 20.6 Å². The summed E-state index contributed by atoms with van der Waals surface area (Å²) in [5, 5.41) is 17.0. The second kappa shape index (κ2) is 15.2. The number of likely N-dealkylation sites (N-methyl/N-ethyl adjacent to an activating group) is 1. The van der Waals surface area contributed by atoms with Crippen molar-refractivity contribution in [3.8, 4) is 0 Å². The molecule has 2 bridgehead atoms. The molecule has 3 aliphatic heterocycles. The lowest BCUT2D eigenvalue weighted by Crippen LogP contribution is -2.69. The molecule has 0 aromatic heterocycles. The van der Waals surface area contributed by atoms with Crippen molar-refractivity contribution in [3.05, 3.63) is 41.5 Å². The molecule has 7 rings (SSSR count). The second-order valence-corrected chi connectivity index (χ2v) is 17.0. The summed E-state index contributed by atoms with van der Waals surface area (Å²) in [5.41, 5.74) is -0.556. The van der Waals surface area contributed by atoms with Gasteiger partial charge in [-0.15, -0.1) is 0 Å². The third-order valence-corrected chi connectivity index (χ3v) is 11.5. The number of aliphatic hydroxyl groups excluding tert-OH is 1. The summed E-state index contributed by atoms with van der Waals surface area (Å²) in [7, 11) is 3.34. The predicted molar refractivity (Wildman–Crippen MR) is 195 cm³/mol. The van der Waals surface area contributed by atoms with Crippen molar-refractivity contribution in [3.63, 3.8) is 0 Å². The lowest BCUT2D eigenvalue weighted by molar-refractivity contribution is -0.235. The van der Waals surface area contributed by atoms with Gasteiger partial charge < -0.3 is 39.6 Å². The molecule has 7 atom stereocenters. The Kier molecular flexibility index (Phi) is 10.9. The molecular formula is C40H54N4O11. The molecule has 3 saturated carbocycles. The van der Waals surface area contributed by atoms with Crippen LogP contribution in [0.25, 0.3) is 6.08 Å². The van der Waals surface area contributed by atoms with Crippen molar-refractivity contribution in [2.45, 2.75) is 127 Å². The highest BCUT2D eigenvalue weighted by molar-refractivity contribution is 5.94. The second-order valence-electron chi connectivity index (χ2n) is 17.0. The van der Waals surface area contributed by atoms with E-state index in [4.69, 9.17) is 23.8 Å². The van der Waals surface area contributed by atoms with E-state index in [0.717, 1.165) is 36.8 Å². The quantitative estimate of drug-likeness (QED) is 0.175. The molecule has 3 amide bonds. The van der Waals surface area contributed by atoms with Gasteiger partial charge in [0, 0.05) is 57.8 Å². The number of nitrogens with one attached hydrogen (secondary N) is 2. The minimum atomic E-state index is -1.42. The first-order chi connectivity index (χ1) is 26.1. The van der Waals surface area contributed by atoms with E-state index in [1.807, 2.05) is 24.3 Å². The van der Waals surface area contributed by atoms with E-state index in [9.17, 15) is 29.1 Å². The summed E-state index contributed by atoms with van der Waals surface area (Å²) in [6.07, 6.45) is 4.44. The smallest absolute Gasteiger partial charge is 0.327 e. The van der Waals surface area contributed by atoms with Crippen molar-refractivity contribution in [2.24, 2.45) is 17.3 Å². The molecule has 3 aliphatic carbocycles. The van der Waals surface area contributed by atoms with E-state index in [1.54, 1.807) is 40.9 Å². The van der Waals surface area contributed by atoms with Gasteiger partial charge in [0.2, 0.25) is 17.7 Å². The topological polar surface area (TPSA) is 182 Å². The summed E-state index contributed by atoms with van der Waals surface area (Å²) in [5.74, 6) is -2.43. The van der Waals surface area contributed by atoms with Crippen LogP contribution >= 0.6 is 0 Å². The fraction of sp³-hybridized carbons (Fsp3) is 0.675. The minimum Gasteiger partial charge on any atom is -0.460 e. The normalized spacial score (nSPS) is 30.0. The number of hydrogen-bond donors (Lipinski definition) is 3. The number of carbonyl (C=O) groups excluding carboxylic acids is 5. The molecule has 0 unspecified atom stereocenters. The first kappa shape index (κ1) is 39.3. The van der Waals surface area contributed by atoms with Crippen LogP contribution in [-0.2, 0) is 54.3 Å². The Bertz CT molecular complexity index is 1690. The Morgan fingerprint density at radius 1 is 1.05 bits per heavy atom. The number of nitrogens with zero attached hydrogens (tertiary/aromatic N) is 2. The number of carbonyl (C=O) groups is 5. The van der Waals surface area contributed by atoms with Crippen LogP contribution in [0.15, 0.2) is 30.3 Å². The maximum atomic E-state index is 14.6. The Labute approximate surface area is 321 Å². The SMILES string of the molecule is CN(C)C(=O)C=Cc1ccccc1CN1O[C@@H]2[C@H]3OC(C4CC4)(C4CC4)O[C@H]3[C@@H]3C[C@]2(C(=O)NCCC(=O)N[C@H](CO)CCC(=O)OC(C)(C)C)[C@@H]1C(=O)O3. The van der Waals surface area contributed by atoms with Gasteiger partial charge in [0.15, 0.2) is 11.8 Å². The number of rotatable bonds is 15. The molecule has 1 aromatic carbocycles. The lowest BCUT2D eigenvalue weighted by atomic mass is 9.62. The number of hydroxylamine groups is 2. The van der Waals surface area contributed by atoms with Crippen LogP contribution in [0.1, 0.15) is 83.3 Å². The molecule has 6 aliphatic rings. The lowest BCUT2D eigenvalue weighted by Gasteiger charge is -2.48. The van der Waals surface area contributed by atoms with Gasteiger partial charge in [-0.1, -0.05) is 24.3 Å². The molecule has 0 radical (unpaired) electrons. The van der Waals surface area contributed by atoms with Crippen molar-refractivity contribution in [1.29, 1.82) is 0 Å². The molecular weight excluding hydrogens is 712 g/mol. The standard InChI is InChI=1S/C40H54N4O11/c1-38(2,3)52-31(48)17-15-27(22-45)42-29(46)18-19-41-37(50)39-20-28-32-33(54-40(53-32,25-11-12-25)26-13-14-26)35(39)55-44(34(39)36(49)51-28)21-24-9-7-6-8-23(24)10-16-30(47)43(4)5/h6-10,16,25-28,32-35,45H,11-15,17-22H2,1-5H3,(H,41,50)(H,42,46)/t27-,28-,32-,33-,34-,35+,39-/m0/s1. The highest BCUT2D eigenvalue weighted by Gasteiger charge is 2.78. The minimum absolute atomic E-state index is 0.0181. The summed E-state index contributed by atoms with van der Waals surface area (Å²) in [6, 6.07) is 5.65. The van der Waals surface area contributed by atoms with Crippen LogP contribution in [0.4, 0.5) is 0 Å². The van der Waals surface area contributed by atoms with E-state index in [2.05, 4.69) is 10.6 Å². The highest BCUT2D eigenvalue weighted by Crippen LogP contribution is 2.63. The van der Waals surface area contributed by atoms with Gasteiger partial charge in [-0.25, -0.2) is 0 Å². The van der Waals surface area contributed by atoms with Gasteiger partial charge in [0.05, 0.1) is 19.2 Å². The number of hydrogen-bond acceptors (Lipinski definition) is 12. The monoisotopic (exact) mass is 766 g/mol. The van der Waals surface area contributed by atoms with Crippen molar-refractivity contribution < 1.29 is 52.9 Å². The number of ether oxygens (including phenoxy) is 4. The molecule has 1 aromatic rings. The van der Waals surface area contributed by atoms with Gasteiger partial charge in [-0.05, 0) is 70.1 Å². The zero-order valence-electron chi connectivity index (χ0n) is 32.3. The number of amides is 3. The highest BCUT2D eigenvalue weighted by atomic mass is 16.8. The number of aliphatic hydroxyl groups is 1. The fourth-order valence-corrected chi connectivity index (χ4v) is 8.63. The molecule has 55 heavy (non-hydrogen) atoms. The molecule has 3 heterocycles. The van der Waals surface area contributed by atoms with E-state index in [0.29, 0.717) is 0 Å².